The number of aromatic nitrogens is 2. The Bertz CT molecular complexity index is 450. The molecule has 2 heterocycles. The first kappa shape index (κ1) is 16.0. The molecule has 21 heavy (non-hydrogen) atoms. The molecule has 0 bridgehead atoms. The molecule has 1 atom stereocenters. The second-order valence-corrected chi connectivity index (χ2v) is 5.92. The van der Waals surface area contributed by atoms with Gasteiger partial charge in [0.2, 0.25) is 5.95 Å². The zero-order valence-electron chi connectivity index (χ0n) is 13.7. The number of nitrogens with zero attached hydrogens (tertiary/aromatic N) is 4. The van der Waals surface area contributed by atoms with Gasteiger partial charge in [0.25, 0.3) is 0 Å². The maximum Gasteiger partial charge on any atom is 0.224 e. The Morgan fingerprint density at radius 3 is 2.81 bits per heavy atom. The predicted molar refractivity (Wildman–Crippen MR) is 88.0 cm³/mol. The first-order chi connectivity index (χ1) is 10.1. The average Bonchev–Trinajstić information content (AvgIpc) is 2.45. The summed E-state index contributed by atoms with van der Waals surface area (Å²) >= 11 is 0. The number of piperazine rings is 1. The Balaban J connectivity index is 1.94. The van der Waals surface area contributed by atoms with Crippen LogP contribution in [0.4, 0.5) is 11.8 Å². The summed E-state index contributed by atoms with van der Waals surface area (Å²) in [5.41, 5.74) is 0.986. The number of aryl methyl sites for hydroxylation is 1. The molecule has 1 aromatic rings. The van der Waals surface area contributed by atoms with Crippen molar-refractivity contribution < 1.29 is 0 Å². The third kappa shape index (κ3) is 4.82. The van der Waals surface area contributed by atoms with Gasteiger partial charge in [-0.05, 0) is 27.4 Å². The van der Waals surface area contributed by atoms with Gasteiger partial charge in [-0.15, -0.1) is 0 Å². The van der Waals surface area contributed by atoms with Crippen LogP contribution in [-0.2, 0) is 0 Å². The van der Waals surface area contributed by atoms with Crippen LogP contribution in [-0.4, -0.2) is 72.6 Å². The minimum Gasteiger partial charge on any atom is -0.368 e. The van der Waals surface area contributed by atoms with Crippen LogP contribution in [0.2, 0.25) is 0 Å². The second kappa shape index (κ2) is 7.56. The van der Waals surface area contributed by atoms with E-state index in [1.165, 1.54) is 0 Å². The maximum atomic E-state index is 4.53. The molecular weight excluding hydrogens is 264 g/mol. The van der Waals surface area contributed by atoms with E-state index in [1.807, 2.05) is 13.0 Å². The minimum absolute atomic E-state index is 0.520. The van der Waals surface area contributed by atoms with Crippen molar-refractivity contribution in [3.8, 4) is 0 Å². The van der Waals surface area contributed by atoms with Gasteiger partial charge in [-0.25, -0.2) is 4.98 Å². The summed E-state index contributed by atoms with van der Waals surface area (Å²) in [6, 6.07) is 2.52. The van der Waals surface area contributed by atoms with Crippen LogP contribution >= 0.6 is 0 Å². The van der Waals surface area contributed by atoms with Gasteiger partial charge < -0.3 is 15.5 Å². The van der Waals surface area contributed by atoms with E-state index >= 15 is 0 Å². The van der Waals surface area contributed by atoms with E-state index in [0.29, 0.717) is 12.0 Å². The standard InChI is InChI=1S/C15H28N6/c1-5-6-16-15-18-12(2)9-14(19-15)17-10-13-11-20(3)7-8-21(13)4/h9,13H,5-8,10-11H2,1-4H3,(H2,16,17,18,19). The van der Waals surface area contributed by atoms with E-state index in [0.717, 1.165) is 50.7 Å². The van der Waals surface area contributed by atoms with E-state index in [4.69, 9.17) is 0 Å². The largest absolute Gasteiger partial charge is 0.368 e. The molecule has 1 aromatic heterocycles. The van der Waals surface area contributed by atoms with Crippen molar-refractivity contribution in [1.82, 2.24) is 19.8 Å². The van der Waals surface area contributed by atoms with Gasteiger partial charge in [0.1, 0.15) is 5.82 Å². The van der Waals surface area contributed by atoms with Crippen molar-refractivity contribution >= 4 is 11.8 Å². The highest BCUT2D eigenvalue weighted by Crippen LogP contribution is 2.12. The number of hydrogen-bond donors (Lipinski definition) is 2. The van der Waals surface area contributed by atoms with Gasteiger partial charge >= 0.3 is 0 Å². The fraction of sp³-hybridized carbons (Fsp3) is 0.733. The Hall–Kier alpha value is -1.40. The third-order valence-electron chi connectivity index (χ3n) is 3.89. The summed E-state index contributed by atoms with van der Waals surface area (Å²) < 4.78 is 0. The SMILES string of the molecule is CCCNc1nc(C)cc(NCC2CN(C)CCN2C)n1. The van der Waals surface area contributed by atoms with Gasteiger partial charge in [-0.2, -0.15) is 4.98 Å². The van der Waals surface area contributed by atoms with Crippen LogP contribution in [0.15, 0.2) is 6.07 Å². The van der Waals surface area contributed by atoms with Crippen molar-refractivity contribution in [2.45, 2.75) is 26.3 Å². The molecular formula is C15H28N6. The zero-order valence-corrected chi connectivity index (χ0v) is 13.7. The lowest BCUT2D eigenvalue weighted by Gasteiger charge is -2.37. The molecule has 2 N–H and O–H groups in total. The number of likely N-dealkylation sites (N-methyl/N-ethyl adjacent to an activating group) is 2. The summed E-state index contributed by atoms with van der Waals surface area (Å²) in [4.78, 5) is 13.7. The predicted octanol–water partition coefficient (Wildman–Crippen LogP) is 1.26. The van der Waals surface area contributed by atoms with Gasteiger partial charge in [0.05, 0.1) is 0 Å². The van der Waals surface area contributed by atoms with Crippen molar-refractivity contribution in [3.05, 3.63) is 11.8 Å². The Morgan fingerprint density at radius 1 is 1.24 bits per heavy atom. The van der Waals surface area contributed by atoms with E-state index in [-0.39, 0.29) is 0 Å². The van der Waals surface area contributed by atoms with E-state index < -0.39 is 0 Å². The third-order valence-corrected chi connectivity index (χ3v) is 3.89. The average molecular weight is 292 g/mol. The van der Waals surface area contributed by atoms with Crippen molar-refractivity contribution in [3.63, 3.8) is 0 Å². The van der Waals surface area contributed by atoms with Crippen molar-refractivity contribution in [2.24, 2.45) is 0 Å². The highest BCUT2D eigenvalue weighted by atomic mass is 15.3. The lowest BCUT2D eigenvalue weighted by atomic mass is 10.2. The smallest absolute Gasteiger partial charge is 0.224 e. The Labute approximate surface area is 127 Å². The molecule has 1 saturated heterocycles. The molecule has 0 saturated carbocycles. The normalized spacial score (nSPS) is 20.5. The lowest BCUT2D eigenvalue weighted by Crippen LogP contribution is -2.52. The Kier molecular flexibility index (Phi) is 5.76. The molecule has 6 nitrogen and oxygen atoms in total. The molecule has 2 rings (SSSR count). The summed E-state index contributed by atoms with van der Waals surface area (Å²) in [5.74, 6) is 1.62. The van der Waals surface area contributed by atoms with Crippen LogP contribution in [0.1, 0.15) is 19.0 Å². The molecule has 6 heteroatoms. The van der Waals surface area contributed by atoms with Gasteiger partial charge in [0, 0.05) is 50.5 Å². The first-order valence-corrected chi connectivity index (χ1v) is 7.80. The fourth-order valence-electron chi connectivity index (χ4n) is 2.52. The second-order valence-electron chi connectivity index (χ2n) is 5.92. The molecule has 118 valence electrons. The number of nitrogens with one attached hydrogen (secondary N) is 2. The summed E-state index contributed by atoms with van der Waals surface area (Å²) in [6.45, 7) is 9.31. The topological polar surface area (TPSA) is 56.3 Å². The Morgan fingerprint density at radius 2 is 2.05 bits per heavy atom. The molecule has 1 unspecified atom stereocenters. The molecule has 1 fully saturated rings. The van der Waals surface area contributed by atoms with E-state index in [2.05, 4.69) is 51.4 Å². The first-order valence-electron chi connectivity index (χ1n) is 7.80. The number of rotatable bonds is 6. The minimum atomic E-state index is 0.520. The maximum absolute atomic E-state index is 4.53. The molecule has 0 amide bonds. The molecule has 0 aromatic carbocycles. The van der Waals surface area contributed by atoms with Crippen LogP contribution in [0.3, 0.4) is 0 Å². The quantitative estimate of drug-likeness (QED) is 0.823. The zero-order chi connectivity index (χ0) is 15.2. The van der Waals surface area contributed by atoms with E-state index in [9.17, 15) is 0 Å². The van der Waals surface area contributed by atoms with Gasteiger partial charge in [-0.3, -0.25) is 4.90 Å². The van der Waals surface area contributed by atoms with E-state index in [1.54, 1.807) is 0 Å². The number of anilines is 2. The molecule has 0 aliphatic carbocycles. The van der Waals surface area contributed by atoms with Crippen LogP contribution in [0, 0.1) is 6.92 Å². The van der Waals surface area contributed by atoms with Crippen LogP contribution in [0.5, 0.6) is 0 Å². The summed E-state index contributed by atoms with van der Waals surface area (Å²) in [7, 11) is 4.38. The fourth-order valence-corrected chi connectivity index (χ4v) is 2.52. The number of hydrogen-bond acceptors (Lipinski definition) is 6. The molecule has 0 radical (unpaired) electrons. The summed E-state index contributed by atoms with van der Waals surface area (Å²) in [5, 5.41) is 6.71. The molecule has 0 spiro atoms. The summed E-state index contributed by atoms with van der Waals surface area (Å²) in [6.07, 6.45) is 1.07. The highest BCUT2D eigenvalue weighted by molar-refractivity contribution is 5.42. The molecule has 1 aliphatic heterocycles. The van der Waals surface area contributed by atoms with Gasteiger partial charge in [0.15, 0.2) is 0 Å². The van der Waals surface area contributed by atoms with Gasteiger partial charge in [-0.1, -0.05) is 6.92 Å². The van der Waals surface area contributed by atoms with Crippen LogP contribution < -0.4 is 10.6 Å². The molecule has 1 aliphatic rings. The van der Waals surface area contributed by atoms with Crippen molar-refractivity contribution in [1.29, 1.82) is 0 Å². The van der Waals surface area contributed by atoms with Crippen LogP contribution in [0.25, 0.3) is 0 Å². The monoisotopic (exact) mass is 292 g/mol. The lowest BCUT2D eigenvalue weighted by molar-refractivity contribution is 0.122. The highest BCUT2D eigenvalue weighted by Gasteiger charge is 2.21. The van der Waals surface area contributed by atoms with Crippen molar-refractivity contribution in [2.75, 3.05) is 57.5 Å².